The van der Waals surface area contributed by atoms with Crippen molar-refractivity contribution in [3.05, 3.63) is 143 Å². The molecule has 0 bridgehead atoms. The van der Waals surface area contributed by atoms with Gasteiger partial charge < -0.3 is 14.2 Å². The van der Waals surface area contributed by atoms with Crippen LogP contribution in [0.5, 0.6) is 0 Å². The summed E-state index contributed by atoms with van der Waals surface area (Å²) >= 11 is 1.90. The molecule has 6 nitrogen and oxygen atoms in total. The first-order valence-corrected chi connectivity index (χ1v) is 16.6. The van der Waals surface area contributed by atoms with Crippen LogP contribution in [-0.2, 0) is 35.0 Å². The molecule has 1 fully saturated rings. The Morgan fingerprint density at radius 3 is 1.74 bits per heavy atom. The molecule has 1 aliphatic heterocycles. The van der Waals surface area contributed by atoms with E-state index in [0.29, 0.717) is 17.5 Å². The minimum atomic E-state index is -1.50. The van der Waals surface area contributed by atoms with Crippen molar-refractivity contribution in [2.24, 2.45) is 5.41 Å². The van der Waals surface area contributed by atoms with Crippen molar-refractivity contribution in [2.45, 2.75) is 56.5 Å². The quantitative estimate of drug-likeness (QED) is 0.0635. The lowest BCUT2D eigenvalue weighted by Gasteiger charge is -2.40. The fourth-order valence-electron chi connectivity index (χ4n) is 6.16. The third-order valence-corrected chi connectivity index (χ3v) is 10.1. The first-order chi connectivity index (χ1) is 22.2. The summed E-state index contributed by atoms with van der Waals surface area (Å²) in [6, 6.07) is 38.6. The fraction of sp³-hybridized carbons (Fsp3) is 0.308. The van der Waals surface area contributed by atoms with Crippen LogP contribution in [-0.4, -0.2) is 36.6 Å². The highest BCUT2D eigenvalue weighted by molar-refractivity contribution is 8.00. The van der Waals surface area contributed by atoms with E-state index in [4.69, 9.17) is 14.2 Å². The highest BCUT2D eigenvalue weighted by atomic mass is 32.2. The number of cyclic esters (lactones) is 2. The summed E-state index contributed by atoms with van der Waals surface area (Å²) in [5.41, 5.74) is 3.14. The number of rotatable bonds is 13. The predicted molar refractivity (Wildman–Crippen MR) is 180 cm³/mol. The Morgan fingerprint density at radius 2 is 1.24 bits per heavy atom. The predicted octanol–water partition coefficient (Wildman–Crippen LogP) is 8.12. The van der Waals surface area contributed by atoms with Gasteiger partial charge in [-0.2, -0.15) is 0 Å². The molecule has 0 amide bonds. The van der Waals surface area contributed by atoms with Crippen molar-refractivity contribution >= 4 is 29.7 Å². The topological polar surface area (TPSA) is 78.9 Å². The average Bonchev–Trinajstić information content (AvgIpc) is 3.07. The Bertz CT molecular complexity index is 1520. The zero-order chi connectivity index (χ0) is 32.6. The lowest BCUT2D eigenvalue weighted by atomic mass is 9.76. The van der Waals surface area contributed by atoms with Crippen molar-refractivity contribution < 1.29 is 28.6 Å². The number of hydrogen-bond acceptors (Lipinski definition) is 7. The maximum atomic E-state index is 13.5. The summed E-state index contributed by atoms with van der Waals surface area (Å²) in [6.45, 7) is 3.11. The number of carbonyl (C=O) groups is 3. The lowest BCUT2D eigenvalue weighted by Crippen LogP contribution is -2.55. The van der Waals surface area contributed by atoms with Crippen LogP contribution in [0.4, 0.5) is 0 Å². The summed E-state index contributed by atoms with van der Waals surface area (Å²) in [4.78, 5) is 39.2. The molecule has 5 rings (SSSR count). The van der Waals surface area contributed by atoms with Crippen LogP contribution in [0.3, 0.4) is 0 Å². The molecule has 1 heterocycles. The van der Waals surface area contributed by atoms with Crippen molar-refractivity contribution in [1.29, 1.82) is 0 Å². The number of benzene rings is 4. The smallest absolute Gasteiger partial charge is 0.337 e. The van der Waals surface area contributed by atoms with Crippen molar-refractivity contribution in [3.8, 4) is 0 Å². The zero-order valence-electron chi connectivity index (χ0n) is 26.6. The monoisotopic (exact) mass is 636 g/mol. The van der Waals surface area contributed by atoms with Gasteiger partial charge in [-0.15, -0.1) is 11.8 Å². The first-order valence-electron chi connectivity index (χ1n) is 15.6. The SMILES string of the molecule is COC(=O)c1cccc(CC2(CCCCCSC(c3ccccc3)(c3ccccc3)c3ccccc3)C(=O)OC(C)(C)OC2=O)c1. The molecule has 0 aromatic heterocycles. The zero-order valence-corrected chi connectivity index (χ0v) is 27.4. The molecule has 0 saturated carbocycles. The van der Waals surface area contributed by atoms with E-state index in [0.717, 1.165) is 18.6 Å². The normalized spacial score (nSPS) is 15.5. The lowest BCUT2D eigenvalue weighted by molar-refractivity contribution is -0.251. The summed E-state index contributed by atoms with van der Waals surface area (Å²) in [5.74, 6) is -2.15. The molecule has 0 N–H and O–H groups in total. The molecule has 0 atom stereocenters. The van der Waals surface area contributed by atoms with Crippen LogP contribution in [0.25, 0.3) is 0 Å². The van der Waals surface area contributed by atoms with Gasteiger partial charge in [0.05, 0.1) is 17.4 Å². The standard InChI is InChI=1S/C39H40O6S/c1-37(2)44-35(41)38(36(42)45-37,28-29-17-16-18-30(27-29)34(40)43-3)25-14-7-15-26-46-39(31-19-8-4-9-20-31,32-21-10-5-11-22-32)33-23-12-6-13-24-33/h4-6,8-13,16-24,27H,7,14-15,25-26,28H2,1-3H3. The number of esters is 3. The van der Waals surface area contributed by atoms with Crippen LogP contribution in [0.15, 0.2) is 115 Å². The minimum absolute atomic E-state index is 0.0689. The molecule has 0 radical (unpaired) electrons. The van der Waals surface area contributed by atoms with E-state index in [9.17, 15) is 14.4 Å². The second-order valence-electron chi connectivity index (χ2n) is 12.1. The Kier molecular flexibility index (Phi) is 10.3. The van der Waals surface area contributed by atoms with Crippen molar-refractivity contribution in [1.82, 2.24) is 0 Å². The third-order valence-electron chi connectivity index (χ3n) is 8.42. The Balaban J connectivity index is 1.33. The number of unbranched alkanes of at least 4 members (excludes halogenated alkanes) is 2. The van der Waals surface area contributed by atoms with Crippen LogP contribution in [0.2, 0.25) is 0 Å². The van der Waals surface area contributed by atoms with Crippen LogP contribution < -0.4 is 0 Å². The van der Waals surface area contributed by atoms with Gasteiger partial charge in [0, 0.05) is 13.8 Å². The molecule has 46 heavy (non-hydrogen) atoms. The summed E-state index contributed by atoms with van der Waals surface area (Å²) < 4.78 is 15.7. The van der Waals surface area contributed by atoms with Crippen molar-refractivity contribution in [2.75, 3.05) is 12.9 Å². The molecule has 1 aliphatic rings. The van der Waals surface area contributed by atoms with E-state index in [2.05, 4.69) is 72.8 Å². The van der Waals surface area contributed by atoms with Crippen LogP contribution in [0, 0.1) is 5.41 Å². The van der Waals surface area contributed by atoms with E-state index >= 15 is 0 Å². The maximum absolute atomic E-state index is 13.5. The first kappa shape index (κ1) is 33.0. The number of carbonyl (C=O) groups excluding carboxylic acids is 3. The average molecular weight is 637 g/mol. The molecule has 4 aromatic carbocycles. The van der Waals surface area contributed by atoms with E-state index in [1.807, 2.05) is 30.0 Å². The third kappa shape index (κ3) is 7.05. The molecule has 7 heteroatoms. The van der Waals surface area contributed by atoms with Gasteiger partial charge in [0.25, 0.3) is 5.79 Å². The summed E-state index contributed by atoms with van der Waals surface area (Å²) in [7, 11) is 1.32. The highest BCUT2D eigenvalue weighted by Gasteiger charge is 2.55. The van der Waals surface area contributed by atoms with E-state index in [1.165, 1.54) is 23.8 Å². The maximum Gasteiger partial charge on any atom is 0.337 e. The van der Waals surface area contributed by atoms with Gasteiger partial charge in [-0.3, -0.25) is 9.59 Å². The molecule has 1 saturated heterocycles. The molecule has 238 valence electrons. The van der Waals surface area contributed by atoms with Crippen LogP contribution >= 0.6 is 11.8 Å². The Morgan fingerprint density at radius 1 is 0.717 bits per heavy atom. The summed E-state index contributed by atoms with van der Waals surface area (Å²) in [5, 5.41) is 0. The van der Waals surface area contributed by atoms with Gasteiger partial charge in [0.1, 0.15) is 0 Å². The number of hydrogen-bond donors (Lipinski definition) is 0. The molecular weight excluding hydrogens is 596 g/mol. The van der Waals surface area contributed by atoms with Gasteiger partial charge in [0.15, 0.2) is 5.41 Å². The number of ether oxygens (including phenoxy) is 3. The summed E-state index contributed by atoms with van der Waals surface area (Å²) in [6.07, 6.45) is 2.64. The minimum Gasteiger partial charge on any atom is -0.465 e. The van der Waals surface area contributed by atoms with Crippen LogP contribution in [0.1, 0.15) is 72.1 Å². The molecule has 4 aromatic rings. The van der Waals surface area contributed by atoms with E-state index < -0.39 is 33.9 Å². The van der Waals surface area contributed by atoms with Gasteiger partial charge in [0.2, 0.25) is 0 Å². The molecule has 0 unspecified atom stereocenters. The Hall–Kier alpha value is -4.36. The van der Waals surface area contributed by atoms with Gasteiger partial charge in [-0.25, -0.2) is 4.79 Å². The molecule has 0 spiro atoms. The van der Waals surface area contributed by atoms with E-state index in [1.54, 1.807) is 38.1 Å². The largest absolute Gasteiger partial charge is 0.465 e. The van der Waals surface area contributed by atoms with Gasteiger partial charge in [-0.1, -0.05) is 116 Å². The molecular formula is C39H40O6S. The van der Waals surface area contributed by atoms with Gasteiger partial charge in [-0.05, 0) is 59.4 Å². The van der Waals surface area contributed by atoms with E-state index in [-0.39, 0.29) is 12.8 Å². The molecule has 0 aliphatic carbocycles. The highest BCUT2D eigenvalue weighted by Crippen LogP contribution is 2.49. The van der Waals surface area contributed by atoms with Gasteiger partial charge >= 0.3 is 17.9 Å². The fourth-order valence-corrected chi connectivity index (χ4v) is 7.72. The Labute approximate surface area is 275 Å². The van der Waals surface area contributed by atoms with Crippen molar-refractivity contribution in [3.63, 3.8) is 0 Å². The second-order valence-corrected chi connectivity index (χ2v) is 13.4. The number of methoxy groups -OCH3 is 1. The number of thioether (sulfide) groups is 1. The second kappa shape index (κ2) is 14.4.